The summed E-state index contributed by atoms with van der Waals surface area (Å²) in [4.78, 5) is 13.3. The van der Waals surface area contributed by atoms with Gasteiger partial charge in [0.05, 0.1) is 5.56 Å². The zero-order valence-electron chi connectivity index (χ0n) is 18.3. The summed E-state index contributed by atoms with van der Waals surface area (Å²) in [7, 11) is 0. The molecule has 31 heavy (non-hydrogen) atoms. The molecule has 0 radical (unpaired) electrons. The number of thioether (sulfide) groups is 1. The Bertz CT molecular complexity index is 1150. The molecule has 0 saturated heterocycles. The molecular formula is C28H29NOS. The van der Waals surface area contributed by atoms with Crippen LogP contribution in [0.1, 0.15) is 46.6 Å². The SMILES string of the molecule is Cc1c(C(=O)c2ccccc2)c2ccccc2n1C(C)CCSCCc1ccccc1. The van der Waals surface area contributed by atoms with Gasteiger partial charge in [-0.2, -0.15) is 11.8 Å². The van der Waals surface area contributed by atoms with Gasteiger partial charge in [-0.3, -0.25) is 4.79 Å². The number of rotatable bonds is 9. The predicted octanol–water partition coefficient (Wildman–Crippen LogP) is 7.11. The molecule has 1 atom stereocenters. The maximum absolute atomic E-state index is 13.3. The van der Waals surface area contributed by atoms with E-state index in [9.17, 15) is 4.79 Å². The van der Waals surface area contributed by atoms with Gasteiger partial charge in [-0.05, 0) is 49.8 Å². The Morgan fingerprint density at radius 1 is 0.871 bits per heavy atom. The van der Waals surface area contributed by atoms with Gasteiger partial charge in [0, 0.05) is 28.2 Å². The first kappa shape index (κ1) is 21.5. The molecule has 1 unspecified atom stereocenters. The van der Waals surface area contributed by atoms with Gasteiger partial charge >= 0.3 is 0 Å². The lowest BCUT2D eigenvalue weighted by Crippen LogP contribution is -2.10. The van der Waals surface area contributed by atoms with Crippen LogP contribution in [0.25, 0.3) is 10.9 Å². The summed E-state index contributed by atoms with van der Waals surface area (Å²) in [6.45, 7) is 4.36. The Kier molecular flexibility index (Phi) is 6.93. The third-order valence-corrected chi connectivity index (χ3v) is 6.93. The summed E-state index contributed by atoms with van der Waals surface area (Å²) >= 11 is 2.01. The molecule has 0 bridgehead atoms. The molecule has 3 heteroatoms. The van der Waals surface area contributed by atoms with Gasteiger partial charge in [0.1, 0.15) is 0 Å². The van der Waals surface area contributed by atoms with E-state index >= 15 is 0 Å². The second-order valence-electron chi connectivity index (χ2n) is 8.03. The number of aryl methyl sites for hydroxylation is 1. The first-order valence-corrected chi connectivity index (χ1v) is 12.1. The molecule has 4 aromatic rings. The molecule has 4 rings (SSSR count). The summed E-state index contributed by atoms with van der Waals surface area (Å²) in [6.07, 6.45) is 2.19. The van der Waals surface area contributed by atoms with Crippen molar-refractivity contribution in [1.29, 1.82) is 0 Å². The number of carbonyl (C=O) groups excluding carboxylic acids is 1. The van der Waals surface area contributed by atoms with Crippen LogP contribution in [0.4, 0.5) is 0 Å². The number of para-hydroxylation sites is 1. The number of carbonyl (C=O) groups is 1. The van der Waals surface area contributed by atoms with Crippen LogP contribution in [0, 0.1) is 6.92 Å². The van der Waals surface area contributed by atoms with Crippen LogP contribution in [0.2, 0.25) is 0 Å². The van der Waals surface area contributed by atoms with Crippen molar-refractivity contribution < 1.29 is 4.79 Å². The number of nitrogens with zero attached hydrogens (tertiary/aromatic N) is 1. The predicted molar refractivity (Wildman–Crippen MR) is 133 cm³/mol. The van der Waals surface area contributed by atoms with E-state index < -0.39 is 0 Å². The van der Waals surface area contributed by atoms with Gasteiger partial charge in [0.2, 0.25) is 0 Å². The topological polar surface area (TPSA) is 22.0 Å². The van der Waals surface area contributed by atoms with Crippen LogP contribution in [-0.2, 0) is 6.42 Å². The van der Waals surface area contributed by atoms with Crippen molar-refractivity contribution in [3.63, 3.8) is 0 Å². The maximum Gasteiger partial charge on any atom is 0.195 e. The molecule has 2 nitrogen and oxygen atoms in total. The van der Waals surface area contributed by atoms with Gasteiger partial charge < -0.3 is 4.57 Å². The number of aromatic nitrogens is 1. The summed E-state index contributed by atoms with van der Waals surface area (Å²) in [6, 6.07) is 28.9. The number of hydrogen-bond acceptors (Lipinski definition) is 2. The average Bonchev–Trinajstić information content (AvgIpc) is 3.11. The van der Waals surface area contributed by atoms with Crippen LogP contribution >= 0.6 is 11.8 Å². The van der Waals surface area contributed by atoms with Crippen LogP contribution in [0.5, 0.6) is 0 Å². The Hall–Kier alpha value is -2.78. The highest BCUT2D eigenvalue weighted by Crippen LogP contribution is 2.32. The Balaban J connectivity index is 1.49. The highest BCUT2D eigenvalue weighted by atomic mass is 32.2. The fourth-order valence-corrected chi connectivity index (χ4v) is 5.39. The summed E-state index contributed by atoms with van der Waals surface area (Å²) < 4.78 is 2.36. The standard InChI is InChI=1S/C28H29NOS/c1-21(17-19-31-20-18-23-11-5-3-6-12-23)29-22(2)27(25-15-9-10-16-26(25)29)28(30)24-13-7-4-8-14-24/h3-16,21H,17-20H2,1-2H3. The van der Waals surface area contributed by atoms with Crippen molar-refractivity contribution in [3.05, 3.63) is 107 Å². The largest absolute Gasteiger partial charge is 0.341 e. The highest BCUT2D eigenvalue weighted by molar-refractivity contribution is 7.99. The molecule has 1 heterocycles. The van der Waals surface area contributed by atoms with E-state index in [1.807, 2.05) is 48.2 Å². The number of hydrogen-bond donors (Lipinski definition) is 0. The molecule has 0 spiro atoms. The smallest absolute Gasteiger partial charge is 0.195 e. The Morgan fingerprint density at radius 3 is 2.26 bits per heavy atom. The van der Waals surface area contributed by atoms with Crippen molar-refractivity contribution in [2.24, 2.45) is 0 Å². The van der Waals surface area contributed by atoms with Crippen molar-refractivity contribution in [2.45, 2.75) is 32.7 Å². The third-order valence-electron chi connectivity index (χ3n) is 5.92. The lowest BCUT2D eigenvalue weighted by Gasteiger charge is -2.18. The normalized spacial score (nSPS) is 12.2. The third kappa shape index (κ3) is 4.77. The summed E-state index contributed by atoms with van der Waals surface area (Å²) in [5.41, 5.74) is 5.21. The molecule has 0 amide bonds. The molecule has 158 valence electrons. The van der Waals surface area contributed by atoms with E-state index in [1.54, 1.807) is 0 Å². The summed E-state index contributed by atoms with van der Waals surface area (Å²) in [5.74, 6) is 2.36. The Morgan fingerprint density at radius 2 is 1.52 bits per heavy atom. The van der Waals surface area contributed by atoms with E-state index in [1.165, 1.54) is 5.56 Å². The maximum atomic E-state index is 13.3. The molecule has 0 fully saturated rings. The van der Waals surface area contributed by atoms with E-state index in [2.05, 4.69) is 66.9 Å². The molecule has 0 aliphatic rings. The Labute approximate surface area is 189 Å². The van der Waals surface area contributed by atoms with Crippen molar-refractivity contribution in [3.8, 4) is 0 Å². The monoisotopic (exact) mass is 427 g/mol. The molecule has 0 aliphatic heterocycles. The first-order chi connectivity index (χ1) is 15.2. The van der Waals surface area contributed by atoms with Crippen LogP contribution in [0.3, 0.4) is 0 Å². The molecule has 0 saturated carbocycles. The van der Waals surface area contributed by atoms with Crippen molar-refractivity contribution in [1.82, 2.24) is 4.57 Å². The summed E-state index contributed by atoms with van der Waals surface area (Å²) in [5, 5.41) is 1.05. The van der Waals surface area contributed by atoms with Gasteiger partial charge in [0.25, 0.3) is 0 Å². The van der Waals surface area contributed by atoms with Crippen molar-refractivity contribution >= 4 is 28.4 Å². The van der Waals surface area contributed by atoms with E-state index in [-0.39, 0.29) is 5.78 Å². The first-order valence-electron chi connectivity index (χ1n) is 11.0. The quantitative estimate of drug-likeness (QED) is 0.210. The number of benzene rings is 3. The second-order valence-corrected chi connectivity index (χ2v) is 9.25. The fourth-order valence-electron chi connectivity index (χ4n) is 4.30. The molecule has 0 aliphatic carbocycles. The molecule has 3 aromatic carbocycles. The van der Waals surface area contributed by atoms with Gasteiger partial charge in [-0.15, -0.1) is 0 Å². The second kappa shape index (κ2) is 10.0. The van der Waals surface area contributed by atoms with E-state index in [0.717, 1.165) is 52.1 Å². The van der Waals surface area contributed by atoms with Gasteiger partial charge in [-0.25, -0.2) is 0 Å². The van der Waals surface area contributed by atoms with E-state index in [4.69, 9.17) is 0 Å². The highest BCUT2D eigenvalue weighted by Gasteiger charge is 2.22. The molecule has 1 aromatic heterocycles. The fraction of sp³-hybridized carbons (Fsp3) is 0.250. The zero-order chi connectivity index (χ0) is 21.6. The van der Waals surface area contributed by atoms with Gasteiger partial charge in [-0.1, -0.05) is 78.9 Å². The molecular weight excluding hydrogens is 398 g/mol. The molecule has 0 N–H and O–H groups in total. The van der Waals surface area contributed by atoms with Crippen LogP contribution in [0.15, 0.2) is 84.9 Å². The van der Waals surface area contributed by atoms with Gasteiger partial charge in [0.15, 0.2) is 5.78 Å². The van der Waals surface area contributed by atoms with Crippen LogP contribution in [-0.4, -0.2) is 21.9 Å². The lowest BCUT2D eigenvalue weighted by molar-refractivity contribution is 0.103. The number of ketones is 1. The minimum Gasteiger partial charge on any atom is -0.341 e. The van der Waals surface area contributed by atoms with E-state index in [0.29, 0.717) is 6.04 Å². The minimum absolute atomic E-state index is 0.109. The van der Waals surface area contributed by atoms with Crippen molar-refractivity contribution in [2.75, 3.05) is 11.5 Å². The number of fused-ring (bicyclic) bond motifs is 1. The lowest BCUT2D eigenvalue weighted by atomic mass is 10.0. The average molecular weight is 428 g/mol. The minimum atomic E-state index is 0.109. The zero-order valence-corrected chi connectivity index (χ0v) is 19.1. The van der Waals surface area contributed by atoms with Crippen LogP contribution < -0.4 is 0 Å².